The van der Waals surface area contributed by atoms with Gasteiger partial charge in [0.25, 0.3) is 6.43 Å². The van der Waals surface area contributed by atoms with Crippen molar-refractivity contribution in [1.29, 1.82) is 0 Å². The molecule has 1 atom stereocenters. The van der Waals surface area contributed by atoms with Crippen molar-refractivity contribution in [2.24, 2.45) is 5.92 Å². The number of alkyl halides is 2. The highest BCUT2D eigenvalue weighted by Gasteiger charge is 2.20. The quantitative estimate of drug-likeness (QED) is 0.795. The van der Waals surface area contributed by atoms with Crippen LogP contribution in [0.3, 0.4) is 0 Å². The Morgan fingerprint density at radius 3 is 2.26 bits per heavy atom. The van der Waals surface area contributed by atoms with Gasteiger partial charge in [0.15, 0.2) is 0 Å². The summed E-state index contributed by atoms with van der Waals surface area (Å²) in [5, 5.41) is 13.3. The van der Waals surface area contributed by atoms with Crippen molar-refractivity contribution in [3.05, 3.63) is 35.4 Å². The molecule has 0 bridgehead atoms. The van der Waals surface area contributed by atoms with Gasteiger partial charge < -0.3 is 10.4 Å². The van der Waals surface area contributed by atoms with E-state index >= 15 is 0 Å². The summed E-state index contributed by atoms with van der Waals surface area (Å²) >= 11 is 0. The minimum atomic E-state index is -2.42. The van der Waals surface area contributed by atoms with Crippen molar-refractivity contribution in [1.82, 2.24) is 5.32 Å². The summed E-state index contributed by atoms with van der Waals surface area (Å²) in [6.07, 6.45) is -1.70. The first kappa shape index (κ1) is 16.1. The molecule has 0 spiro atoms. The number of benzene rings is 1. The van der Waals surface area contributed by atoms with E-state index in [1.807, 2.05) is 0 Å². The molecule has 0 fully saturated rings. The van der Waals surface area contributed by atoms with Gasteiger partial charge in [0.05, 0.1) is 5.60 Å². The van der Waals surface area contributed by atoms with Crippen LogP contribution in [0.1, 0.15) is 44.7 Å². The van der Waals surface area contributed by atoms with Gasteiger partial charge in [-0.25, -0.2) is 8.78 Å². The van der Waals surface area contributed by atoms with Crippen molar-refractivity contribution in [3.63, 3.8) is 0 Å². The van der Waals surface area contributed by atoms with Crippen LogP contribution in [-0.4, -0.2) is 17.3 Å². The topological polar surface area (TPSA) is 32.3 Å². The molecule has 19 heavy (non-hydrogen) atoms. The van der Waals surface area contributed by atoms with Crippen molar-refractivity contribution in [2.45, 2.75) is 45.8 Å². The summed E-state index contributed by atoms with van der Waals surface area (Å²) < 4.78 is 24.8. The fourth-order valence-electron chi connectivity index (χ4n) is 2.21. The van der Waals surface area contributed by atoms with Gasteiger partial charge in [-0.2, -0.15) is 0 Å². The summed E-state index contributed by atoms with van der Waals surface area (Å²) in [6, 6.07) is 6.25. The van der Waals surface area contributed by atoms with Gasteiger partial charge in [-0.05, 0) is 24.8 Å². The molecule has 0 heterocycles. The molecule has 1 aromatic rings. The zero-order chi connectivity index (χ0) is 14.5. The Hall–Kier alpha value is -1.00. The second-order valence-corrected chi connectivity index (χ2v) is 5.74. The Labute approximate surface area is 113 Å². The molecule has 2 nitrogen and oxygen atoms in total. The Morgan fingerprint density at radius 1 is 1.21 bits per heavy atom. The number of rotatable bonds is 7. The molecule has 4 heteroatoms. The maximum atomic E-state index is 12.4. The average Bonchev–Trinajstić information content (AvgIpc) is 2.27. The van der Waals surface area contributed by atoms with Crippen LogP contribution in [0.25, 0.3) is 0 Å². The first-order valence-corrected chi connectivity index (χ1v) is 6.60. The number of hydrogen-bond donors (Lipinski definition) is 2. The van der Waals surface area contributed by atoms with Crippen LogP contribution in [-0.2, 0) is 6.54 Å². The number of halogens is 2. The lowest BCUT2D eigenvalue weighted by Gasteiger charge is -2.25. The molecule has 1 rings (SSSR count). The Morgan fingerprint density at radius 2 is 1.79 bits per heavy atom. The van der Waals surface area contributed by atoms with Crippen LogP contribution in [0, 0.1) is 5.92 Å². The largest absolute Gasteiger partial charge is 0.389 e. The zero-order valence-electron chi connectivity index (χ0n) is 11.8. The van der Waals surface area contributed by atoms with E-state index in [-0.39, 0.29) is 5.56 Å². The highest BCUT2D eigenvalue weighted by molar-refractivity contribution is 5.23. The second-order valence-electron chi connectivity index (χ2n) is 5.74. The normalized spacial score (nSPS) is 14.9. The molecule has 0 amide bonds. The molecule has 0 aliphatic rings. The van der Waals surface area contributed by atoms with Gasteiger partial charge in [0, 0.05) is 18.7 Å². The standard InChI is InChI=1S/C15H23F2NO/c1-11(2)8-15(3,19)10-18-9-12-4-6-13(7-5-12)14(16)17/h4-7,11,14,18-19H,8-10H2,1-3H3. The lowest BCUT2D eigenvalue weighted by atomic mass is 9.94. The summed E-state index contributed by atoms with van der Waals surface area (Å²) in [6.45, 7) is 6.99. The first-order chi connectivity index (χ1) is 8.80. The monoisotopic (exact) mass is 271 g/mol. The lowest BCUT2D eigenvalue weighted by molar-refractivity contribution is 0.0383. The molecule has 2 N–H and O–H groups in total. The second kappa shape index (κ2) is 6.96. The van der Waals surface area contributed by atoms with Crippen LogP contribution >= 0.6 is 0 Å². The van der Waals surface area contributed by atoms with E-state index in [0.29, 0.717) is 19.0 Å². The average molecular weight is 271 g/mol. The highest BCUT2D eigenvalue weighted by Crippen LogP contribution is 2.19. The van der Waals surface area contributed by atoms with Crippen molar-refractivity contribution in [2.75, 3.05) is 6.54 Å². The molecular weight excluding hydrogens is 248 g/mol. The summed E-state index contributed by atoms with van der Waals surface area (Å²) in [5.41, 5.74) is 0.233. The minimum Gasteiger partial charge on any atom is -0.389 e. The number of nitrogens with one attached hydrogen (secondary N) is 1. The first-order valence-electron chi connectivity index (χ1n) is 6.60. The van der Waals surface area contributed by atoms with E-state index in [2.05, 4.69) is 19.2 Å². The number of aliphatic hydroxyl groups is 1. The summed E-state index contributed by atoms with van der Waals surface area (Å²) in [7, 11) is 0. The van der Waals surface area contributed by atoms with Crippen molar-refractivity contribution in [3.8, 4) is 0 Å². The van der Waals surface area contributed by atoms with Gasteiger partial charge in [-0.1, -0.05) is 38.1 Å². The Bertz CT molecular complexity index is 374. The van der Waals surface area contributed by atoms with Crippen LogP contribution in [0.15, 0.2) is 24.3 Å². The molecule has 1 aromatic carbocycles. The van der Waals surface area contributed by atoms with E-state index in [1.165, 1.54) is 12.1 Å². The number of hydrogen-bond acceptors (Lipinski definition) is 2. The van der Waals surface area contributed by atoms with E-state index in [9.17, 15) is 13.9 Å². The van der Waals surface area contributed by atoms with Gasteiger partial charge in [-0.15, -0.1) is 0 Å². The molecular formula is C15H23F2NO. The third-order valence-electron chi connectivity index (χ3n) is 2.91. The van der Waals surface area contributed by atoms with Crippen molar-refractivity contribution >= 4 is 0 Å². The molecule has 0 aromatic heterocycles. The van der Waals surface area contributed by atoms with Gasteiger partial charge in [-0.3, -0.25) is 0 Å². The maximum absolute atomic E-state index is 12.4. The van der Waals surface area contributed by atoms with Crippen LogP contribution in [0.5, 0.6) is 0 Å². The van der Waals surface area contributed by atoms with Crippen LogP contribution in [0.2, 0.25) is 0 Å². The third-order valence-corrected chi connectivity index (χ3v) is 2.91. The van der Waals surface area contributed by atoms with Crippen LogP contribution in [0.4, 0.5) is 8.78 Å². The molecule has 0 radical (unpaired) electrons. The molecule has 0 aliphatic heterocycles. The summed E-state index contributed by atoms with van der Waals surface area (Å²) in [4.78, 5) is 0. The maximum Gasteiger partial charge on any atom is 0.263 e. The van der Waals surface area contributed by atoms with E-state index in [1.54, 1.807) is 19.1 Å². The molecule has 108 valence electrons. The van der Waals surface area contributed by atoms with E-state index < -0.39 is 12.0 Å². The Balaban J connectivity index is 2.40. The highest BCUT2D eigenvalue weighted by atomic mass is 19.3. The van der Waals surface area contributed by atoms with Crippen LogP contribution < -0.4 is 5.32 Å². The fraction of sp³-hybridized carbons (Fsp3) is 0.600. The molecule has 0 saturated carbocycles. The Kier molecular flexibility index (Phi) is 5.88. The van der Waals surface area contributed by atoms with E-state index in [0.717, 1.165) is 12.0 Å². The molecule has 1 unspecified atom stereocenters. The lowest BCUT2D eigenvalue weighted by Crippen LogP contribution is -2.38. The zero-order valence-corrected chi connectivity index (χ0v) is 11.8. The smallest absolute Gasteiger partial charge is 0.263 e. The fourth-order valence-corrected chi connectivity index (χ4v) is 2.21. The third kappa shape index (κ3) is 6.12. The predicted octanol–water partition coefficient (Wildman–Crippen LogP) is 3.51. The predicted molar refractivity (Wildman–Crippen MR) is 73.2 cm³/mol. The van der Waals surface area contributed by atoms with E-state index in [4.69, 9.17) is 0 Å². The van der Waals surface area contributed by atoms with Gasteiger partial charge >= 0.3 is 0 Å². The SMILES string of the molecule is CC(C)CC(C)(O)CNCc1ccc(C(F)F)cc1. The van der Waals surface area contributed by atoms with Crippen molar-refractivity contribution < 1.29 is 13.9 Å². The minimum absolute atomic E-state index is 0.0376. The van der Waals surface area contributed by atoms with Gasteiger partial charge in [0.1, 0.15) is 0 Å². The molecule has 0 saturated heterocycles. The van der Waals surface area contributed by atoms with Gasteiger partial charge in [0.2, 0.25) is 0 Å². The summed E-state index contributed by atoms with van der Waals surface area (Å²) in [5.74, 6) is 0.433. The molecule has 0 aliphatic carbocycles.